The fourth-order valence-electron chi connectivity index (χ4n) is 9.32. The second-order valence-corrected chi connectivity index (χ2v) is 22.0. The van der Waals surface area contributed by atoms with E-state index < -0.39 is 6.10 Å². The quantitative estimate of drug-likeness (QED) is 0.0261. The Morgan fingerprint density at radius 1 is 0.266 bits per heavy atom. The average molecular weight is 1100 g/mol. The van der Waals surface area contributed by atoms with Gasteiger partial charge in [0.15, 0.2) is 6.10 Å². The Morgan fingerprint density at radius 2 is 0.494 bits per heavy atom. The minimum absolute atomic E-state index is 0.0849. The van der Waals surface area contributed by atoms with Gasteiger partial charge in [0, 0.05) is 19.3 Å². The molecule has 79 heavy (non-hydrogen) atoms. The van der Waals surface area contributed by atoms with Gasteiger partial charge in [0.2, 0.25) is 0 Å². The molecule has 0 fully saturated rings. The predicted octanol–water partition coefficient (Wildman–Crippen LogP) is 23.0. The van der Waals surface area contributed by atoms with Crippen LogP contribution in [0, 0.1) is 0 Å². The minimum Gasteiger partial charge on any atom is -0.462 e. The van der Waals surface area contributed by atoms with Crippen molar-refractivity contribution in [2.24, 2.45) is 0 Å². The highest BCUT2D eigenvalue weighted by molar-refractivity contribution is 5.71. The topological polar surface area (TPSA) is 78.9 Å². The summed E-state index contributed by atoms with van der Waals surface area (Å²) >= 11 is 0. The largest absolute Gasteiger partial charge is 0.462 e. The van der Waals surface area contributed by atoms with Gasteiger partial charge in [-0.1, -0.05) is 316 Å². The van der Waals surface area contributed by atoms with Gasteiger partial charge in [0.05, 0.1) is 0 Å². The maximum Gasteiger partial charge on any atom is 0.306 e. The SMILES string of the molecule is CC/C=C\C/C=C\C/C=C\C/C=C\C/C=C\C/C=C\C/C=C\C/C=C\C/C=C\CCCCCC(=O)OCC(COC(=O)CCCCCCCCCCCCC)OC(=O)CCCCCCCCCCCCCCCCCCCCC. The molecule has 1 atom stereocenters. The molecule has 0 saturated heterocycles. The Hall–Kier alpha value is -3.93. The number of unbranched alkanes of at least 4 members (excludes halogenated alkanes) is 31. The van der Waals surface area contributed by atoms with E-state index in [0.29, 0.717) is 19.3 Å². The van der Waals surface area contributed by atoms with E-state index in [1.54, 1.807) is 0 Å². The first-order valence-electron chi connectivity index (χ1n) is 33.4. The van der Waals surface area contributed by atoms with Crippen molar-refractivity contribution in [3.63, 3.8) is 0 Å². The number of carbonyl (C=O) groups is 3. The summed E-state index contributed by atoms with van der Waals surface area (Å²) in [5.41, 5.74) is 0. The molecule has 0 bridgehead atoms. The third kappa shape index (κ3) is 64.8. The molecule has 0 radical (unpaired) electrons. The van der Waals surface area contributed by atoms with E-state index >= 15 is 0 Å². The van der Waals surface area contributed by atoms with Crippen LogP contribution in [0.15, 0.2) is 109 Å². The number of carbonyl (C=O) groups excluding carboxylic acids is 3. The molecule has 0 spiro atoms. The van der Waals surface area contributed by atoms with E-state index in [1.807, 2.05) is 0 Å². The van der Waals surface area contributed by atoms with E-state index in [2.05, 4.69) is 130 Å². The van der Waals surface area contributed by atoms with Crippen LogP contribution in [0.5, 0.6) is 0 Å². The smallest absolute Gasteiger partial charge is 0.306 e. The number of rotatable bonds is 60. The summed E-state index contributed by atoms with van der Waals surface area (Å²) in [6, 6.07) is 0. The maximum absolute atomic E-state index is 12.9. The molecule has 1 unspecified atom stereocenters. The van der Waals surface area contributed by atoms with Crippen LogP contribution in [-0.4, -0.2) is 37.2 Å². The number of allylic oxidation sites excluding steroid dienone is 18. The van der Waals surface area contributed by atoms with Crippen LogP contribution in [0.3, 0.4) is 0 Å². The summed E-state index contributed by atoms with van der Waals surface area (Å²) in [5.74, 6) is -0.908. The zero-order valence-electron chi connectivity index (χ0n) is 51.9. The highest BCUT2D eigenvalue weighted by Crippen LogP contribution is 2.17. The van der Waals surface area contributed by atoms with Crippen LogP contribution in [-0.2, 0) is 28.6 Å². The summed E-state index contributed by atoms with van der Waals surface area (Å²) in [5, 5.41) is 0. The van der Waals surface area contributed by atoms with E-state index in [4.69, 9.17) is 14.2 Å². The van der Waals surface area contributed by atoms with E-state index in [-0.39, 0.29) is 31.1 Å². The molecule has 0 rings (SSSR count). The standard InChI is InChI=1S/C73H124O6/c1-4-7-10-13-16-19-22-24-26-28-30-31-32-33-34-35-36-37-38-39-40-41-43-44-46-48-51-54-57-60-63-66-72(75)78-69-70(68-77-71(74)65-62-59-56-53-50-21-18-15-12-9-6-3)79-73(76)67-64-61-58-55-52-49-47-45-42-29-27-25-23-20-17-14-11-8-5-2/h7,10,16,19,24,26,30-31,33-34,36-37,39-40,43-44,48,51,70H,4-6,8-9,11-15,17-18,20-23,25,27-29,32,35,38,41-42,45-47,49-50,52-69H2,1-3H3/b10-7-,19-16-,26-24-,31-30-,34-33-,37-36-,40-39-,44-43-,51-48-. The molecule has 0 aliphatic rings. The first kappa shape index (κ1) is 75.1. The molecule has 0 aromatic rings. The number of esters is 3. The van der Waals surface area contributed by atoms with Crippen molar-refractivity contribution in [1.29, 1.82) is 0 Å². The summed E-state index contributed by atoms with van der Waals surface area (Å²) in [4.78, 5) is 38.3. The van der Waals surface area contributed by atoms with Crippen molar-refractivity contribution < 1.29 is 28.6 Å². The molecular formula is C73H124O6. The Morgan fingerprint density at radius 3 is 0.772 bits per heavy atom. The van der Waals surface area contributed by atoms with Crippen molar-refractivity contribution in [3.8, 4) is 0 Å². The second-order valence-electron chi connectivity index (χ2n) is 22.0. The lowest BCUT2D eigenvalue weighted by Crippen LogP contribution is -2.30. The first-order valence-corrected chi connectivity index (χ1v) is 33.4. The number of hydrogen-bond acceptors (Lipinski definition) is 6. The molecule has 0 N–H and O–H groups in total. The van der Waals surface area contributed by atoms with Gasteiger partial charge in [-0.05, 0) is 89.9 Å². The van der Waals surface area contributed by atoms with Gasteiger partial charge in [-0.2, -0.15) is 0 Å². The zero-order chi connectivity index (χ0) is 57.1. The Labute approximate surface area is 489 Å². The van der Waals surface area contributed by atoms with Crippen LogP contribution in [0.25, 0.3) is 0 Å². The van der Waals surface area contributed by atoms with Crippen LogP contribution < -0.4 is 0 Å². The van der Waals surface area contributed by atoms with Gasteiger partial charge in [-0.15, -0.1) is 0 Å². The number of hydrogen-bond donors (Lipinski definition) is 0. The van der Waals surface area contributed by atoms with Crippen LogP contribution in [0.4, 0.5) is 0 Å². The van der Waals surface area contributed by atoms with Crippen molar-refractivity contribution in [2.75, 3.05) is 13.2 Å². The van der Waals surface area contributed by atoms with Gasteiger partial charge >= 0.3 is 17.9 Å². The minimum atomic E-state index is -0.790. The highest BCUT2D eigenvalue weighted by atomic mass is 16.6. The van der Waals surface area contributed by atoms with Gasteiger partial charge in [-0.3, -0.25) is 14.4 Å². The van der Waals surface area contributed by atoms with E-state index in [9.17, 15) is 14.4 Å². The fraction of sp³-hybridized carbons (Fsp3) is 0.712. The molecule has 0 aliphatic heterocycles. The van der Waals surface area contributed by atoms with Crippen LogP contribution in [0.2, 0.25) is 0 Å². The summed E-state index contributed by atoms with van der Waals surface area (Å²) < 4.78 is 16.9. The predicted molar refractivity (Wildman–Crippen MR) is 343 cm³/mol. The first-order chi connectivity index (χ1) is 39.0. The maximum atomic E-state index is 12.9. The lowest BCUT2D eigenvalue weighted by atomic mass is 10.0. The summed E-state index contributed by atoms with van der Waals surface area (Å²) in [7, 11) is 0. The molecular weight excluding hydrogens is 973 g/mol. The summed E-state index contributed by atoms with van der Waals surface area (Å²) in [6.45, 7) is 6.52. The summed E-state index contributed by atoms with van der Waals surface area (Å²) in [6.07, 6.45) is 91.0. The zero-order valence-corrected chi connectivity index (χ0v) is 51.9. The van der Waals surface area contributed by atoms with Gasteiger partial charge < -0.3 is 14.2 Å². The van der Waals surface area contributed by atoms with Gasteiger partial charge in [-0.25, -0.2) is 0 Å². The Kier molecular flexibility index (Phi) is 63.3. The molecule has 0 aliphatic carbocycles. The van der Waals surface area contributed by atoms with E-state index in [1.165, 1.54) is 154 Å². The number of ether oxygens (including phenoxy) is 3. The van der Waals surface area contributed by atoms with Crippen LogP contribution >= 0.6 is 0 Å². The second kappa shape index (κ2) is 66.6. The van der Waals surface area contributed by atoms with Crippen molar-refractivity contribution in [3.05, 3.63) is 109 Å². The molecule has 6 nitrogen and oxygen atoms in total. The molecule has 0 amide bonds. The fourth-order valence-corrected chi connectivity index (χ4v) is 9.32. The molecule has 0 aromatic heterocycles. The molecule has 452 valence electrons. The average Bonchev–Trinajstić information content (AvgIpc) is 3.45. The molecule has 0 saturated carbocycles. The van der Waals surface area contributed by atoms with Crippen molar-refractivity contribution in [1.82, 2.24) is 0 Å². The molecule has 6 heteroatoms. The molecule has 0 heterocycles. The van der Waals surface area contributed by atoms with Crippen molar-refractivity contribution in [2.45, 2.75) is 322 Å². The lowest BCUT2D eigenvalue weighted by Gasteiger charge is -2.18. The van der Waals surface area contributed by atoms with E-state index in [0.717, 1.165) is 122 Å². The highest BCUT2D eigenvalue weighted by Gasteiger charge is 2.19. The molecule has 0 aromatic carbocycles. The monoisotopic (exact) mass is 1100 g/mol. The van der Waals surface area contributed by atoms with Crippen molar-refractivity contribution >= 4 is 17.9 Å². The Bertz CT molecular complexity index is 1590. The normalized spacial score (nSPS) is 12.8. The Balaban J connectivity index is 4.32. The third-order valence-corrected chi connectivity index (χ3v) is 14.3. The van der Waals surface area contributed by atoms with Crippen LogP contribution in [0.1, 0.15) is 316 Å². The third-order valence-electron chi connectivity index (χ3n) is 14.3. The van der Waals surface area contributed by atoms with Gasteiger partial charge in [0.25, 0.3) is 0 Å². The lowest BCUT2D eigenvalue weighted by molar-refractivity contribution is -0.167. The van der Waals surface area contributed by atoms with Gasteiger partial charge in [0.1, 0.15) is 13.2 Å².